The Morgan fingerprint density at radius 1 is 1.31 bits per heavy atom. The molecule has 1 aliphatic heterocycles. The zero-order valence-corrected chi connectivity index (χ0v) is 15.2. The number of rotatable bonds is 4. The van der Waals surface area contributed by atoms with Gasteiger partial charge in [-0.2, -0.15) is 0 Å². The molecule has 0 saturated carbocycles. The lowest BCUT2D eigenvalue weighted by Crippen LogP contribution is -2.42. The van der Waals surface area contributed by atoms with Gasteiger partial charge in [0.1, 0.15) is 12.4 Å². The number of amides is 1. The van der Waals surface area contributed by atoms with Crippen LogP contribution in [0, 0.1) is 6.92 Å². The molecule has 26 heavy (non-hydrogen) atoms. The lowest BCUT2D eigenvalue weighted by molar-refractivity contribution is -0.130. The van der Waals surface area contributed by atoms with Gasteiger partial charge in [0.05, 0.1) is 12.2 Å². The summed E-state index contributed by atoms with van der Waals surface area (Å²) in [5.74, 6) is 2.46. The fraction of sp³-hybridized carbons (Fsp3) is 0.474. The van der Waals surface area contributed by atoms with Gasteiger partial charge in [-0.25, -0.2) is 0 Å². The number of aryl methyl sites for hydroxylation is 1. The van der Waals surface area contributed by atoms with Crippen LogP contribution >= 0.6 is 0 Å². The van der Waals surface area contributed by atoms with Crippen molar-refractivity contribution in [3.8, 4) is 5.75 Å². The largest absolute Gasteiger partial charge is 0.484 e. The van der Waals surface area contributed by atoms with Crippen molar-refractivity contribution in [3.63, 3.8) is 0 Å². The molecular formula is C19H23N5O2. The van der Waals surface area contributed by atoms with Crippen molar-refractivity contribution in [1.29, 1.82) is 0 Å². The Bertz CT molecular complexity index is 840. The maximum absolute atomic E-state index is 12.7. The van der Waals surface area contributed by atoms with Crippen LogP contribution < -0.4 is 4.74 Å². The van der Waals surface area contributed by atoms with Crippen LogP contribution in [0.5, 0.6) is 5.75 Å². The second-order valence-electron chi connectivity index (χ2n) is 6.85. The van der Waals surface area contributed by atoms with E-state index in [1.165, 1.54) is 0 Å². The Hall–Kier alpha value is -2.70. The third-order valence-corrected chi connectivity index (χ3v) is 5.09. The predicted octanol–water partition coefficient (Wildman–Crippen LogP) is 2.57. The number of aromatic nitrogens is 4. The molecule has 0 fully saturated rings. The highest BCUT2D eigenvalue weighted by atomic mass is 16.5. The van der Waals surface area contributed by atoms with Gasteiger partial charge < -0.3 is 14.2 Å². The Morgan fingerprint density at radius 3 is 2.92 bits per heavy atom. The summed E-state index contributed by atoms with van der Waals surface area (Å²) in [5.41, 5.74) is 1.90. The van der Waals surface area contributed by atoms with Crippen LogP contribution in [0.4, 0.5) is 0 Å². The van der Waals surface area contributed by atoms with E-state index in [0.29, 0.717) is 25.4 Å². The first kappa shape index (κ1) is 16.8. The lowest BCUT2D eigenvalue weighted by atomic mass is 10.1. The molecule has 3 heterocycles. The number of carbonyl (C=O) groups is 1. The van der Waals surface area contributed by atoms with Gasteiger partial charge in [-0.05, 0) is 45.2 Å². The van der Waals surface area contributed by atoms with Gasteiger partial charge in [0, 0.05) is 24.4 Å². The van der Waals surface area contributed by atoms with Crippen LogP contribution in [0.3, 0.4) is 0 Å². The van der Waals surface area contributed by atoms with E-state index in [4.69, 9.17) is 4.74 Å². The minimum atomic E-state index is -0.0833. The number of hydrogen-bond donors (Lipinski definition) is 0. The van der Waals surface area contributed by atoms with Crippen molar-refractivity contribution in [2.24, 2.45) is 0 Å². The van der Waals surface area contributed by atoms with Crippen LogP contribution in [-0.2, 0) is 17.9 Å². The van der Waals surface area contributed by atoms with E-state index in [1.807, 2.05) is 30.9 Å². The van der Waals surface area contributed by atoms with E-state index >= 15 is 0 Å². The van der Waals surface area contributed by atoms with Crippen molar-refractivity contribution < 1.29 is 9.53 Å². The molecule has 7 nitrogen and oxygen atoms in total. The highest BCUT2D eigenvalue weighted by Gasteiger charge is 2.32. The summed E-state index contributed by atoms with van der Waals surface area (Å²) in [5, 5.41) is 8.61. The zero-order chi connectivity index (χ0) is 18.1. The van der Waals surface area contributed by atoms with Crippen LogP contribution in [0.25, 0.3) is 0 Å². The van der Waals surface area contributed by atoms with E-state index in [0.717, 1.165) is 42.2 Å². The second kappa shape index (κ2) is 6.90. The third-order valence-electron chi connectivity index (χ3n) is 5.09. The van der Waals surface area contributed by atoms with Crippen LogP contribution in [0.1, 0.15) is 49.6 Å². The second-order valence-corrected chi connectivity index (χ2v) is 6.85. The molecule has 0 bridgehead atoms. The van der Waals surface area contributed by atoms with Gasteiger partial charge in [-0.1, -0.05) is 6.08 Å². The number of pyridine rings is 1. The monoisotopic (exact) mass is 353 g/mol. The Kier molecular flexibility index (Phi) is 4.44. The van der Waals surface area contributed by atoms with Crippen LogP contribution in [0.2, 0.25) is 0 Å². The van der Waals surface area contributed by atoms with Gasteiger partial charge in [0.15, 0.2) is 11.6 Å². The minimum absolute atomic E-state index is 0.0833. The predicted molar refractivity (Wildman–Crippen MR) is 95.4 cm³/mol. The molecule has 1 unspecified atom stereocenters. The fourth-order valence-electron chi connectivity index (χ4n) is 3.56. The molecule has 0 N–H and O–H groups in total. The molecule has 2 aromatic heterocycles. The molecule has 0 aromatic carbocycles. The Balaban J connectivity index is 1.47. The van der Waals surface area contributed by atoms with Crippen molar-refractivity contribution in [3.05, 3.63) is 47.3 Å². The lowest BCUT2D eigenvalue weighted by Gasteiger charge is -2.34. The van der Waals surface area contributed by atoms with Gasteiger partial charge in [0.25, 0.3) is 0 Å². The maximum atomic E-state index is 12.7. The number of nitrogens with zero attached hydrogens (tertiary/aromatic N) is 5. The summed E-state index contributed by atoms with van der Waals surface area (Å²) in [6, 6.07) is 3.73. The first-order valence-corrected chi connectivity index (χ1v) is 9.11. The molecule has 2 aromatic rings. The first-order valence-electron chi connectivity index (χ1n) is 9.11. The van der Waals surface area contributed by atoms with Gasteiger partial charge >= 0.3 is 0 Å². The molecule has 1 amide bonds. The van der Waals surface area contributed by atoms with Gasteiger partial charge in [0.2, 0.25) is 5.91 Å². The topological polar surface area (TPSA) is 73.1 Å². The molecule has 2 aliphatic rings. The van der Waals surface area contributed by atoms with E-state index in [-0.39, 0.29) is 11.9 Å². The Morgan fingerprint density at radius 2 is 2.19 bits per heavy atom. The van der Waals surface area contributed by atoms with Gasteiger partial charge in [-0.3, -0.25) is 9.78 Å². The third kappa shape index (κ3) is 3.09. The normalized spacial score (nSPS) is 19.2. The molecule has 0 spiro atoms. The van der Waals surface area contributed by atoms with E-state index < -0.39 is 0 Å². The number of allylic oxidation sites excluding steroid dienone is 1. The number of ether oxygens (including phenoxy) is 1. The van der Waals surface area contributed by atoms with E-state index in [1.54, 1.807) is 6.20 Å². The molecule has 4 rings (SSSR count). The summed E-state index contributed by atoms with van der Waals surface area (Å²) in [7, 11) is 0. The fourth-order valence-corrected chi connectivity index (χ4v) is 3.56. The summed E-state index contributed by atoms with van der Waals surface area (Å²) in [6.07, 6.45) is 6.76. The molecular weight excluding hydrogens is 330 g/mol. The Labute approximate surface area is 152 Å². The molecule has 0 saturated heterocycles. The summed E-state index contributed by atoms with van der Waals surface area (Å²) in [4.78, 5) is 18.9. The van der Waals surface area contributed by atoms with Crippen molar-refractivity contribution in [2.45, 2.75) is 52.3 Å². The summed E-state index contributed by atoms with van der Waals surface area (Å²) in [6.45, 7) is 5.65. The first-order chi connectivity index (χ1) is 12.6. The highest BCUT2D eigenvalue weighted by molar-refractivity contribution is 5.94. The van der Waals surface area contributed by atoms with E-state index in [9.17, 15) is 4.79 Å². The minimum Gasteiger partial charge on any atom is -0.484 e. The average molecular weight is 353 g/mol. The smallest absolute Gasteiger partial charge is 0.250 e. The molecule has 136 valence electrons. The molecule has 7 heteroatoms. The van der Waals surface area contributed by atoms with Crippen LogP contribution in [-0.4, -0.2) is 37.1 Å². The van der Waals surface area contributed by atoms with Crippen molar-refractivity contribution in [2.75, 3.05) is 6.54 Å². The number of carbonyl (C=O) groups excluding carboxylic acids is 1. The summed E-state index contributed by atoms with van der Waals surface area (Å²) < 4.78 is 7.86. The van der Waals surface area contributed by atoms with Crippen molar-refractivity contribution >= 4 is 5.91 Å². The molecule has 0 radical (unpaired) electrons. The maximum Gasteiger partial charge on any atom is 0.250 e. The van der Waals surface area contributed by atoms with Crippen LogP contribution in [0.15, 0.2) is 30.0 Å². The van der Waals surface area contributed by atoms with E-state index in [2.05, 4.69) is 25.8 Å². The quantitative estimate of drug-likeness (QED) is 0.845. The number of hydrogen-bond acceptors (Lipinski definition) is 5. The average Bonchev–Trinajstić information content (AvgIpc) is 3.31. The van der Waals surface area contributed by atoms with Gasteiger partial charge in [-0.15, -0.1) is 10.2 Å². The zero-order valence-electron chi connectivity index (χ0n) is 15.2. The summed E-state index contributed by atoms with van der Waals surface area (Å²) >= 11 is 0. The highest BCUT2D eigenvalue weighted by Crippen LogP contribution is 2.29. The molecule has 1 atom stereocenters. The van der Waals surface area contributed by atoms with Crippen molar-refractivity contribution in [1.82, 2.24) is 24.6 Å². The molecule has 1 aliphatic carbocycles. The number of fused-ring (bicyclic) bond motifs is 1. The standard InChI is InChI=1S/C19H23N5O2/c1-13-7-8-16(11-20-13)26-12-17-21-22-18-14(2)23(9-10-24(17)18)19(25)15-5-3-4-6-15/h5,7-8,11,14H,3-4,6,9-10,12H2,1-2H3. The SMILES string of the molecule is Cc1ccc(OCc2nnc3n2CCN(C(=O)C2=CCCC2)C3C)cn1.